The minimum Gasteiger partial charge on any atom is -0.493 e. The summed E-state index contributed by atoms with van der Waals surface area (Å²) in [5, 5.41) is 23.4. The number of nitrogens with zero attached hydrogens (tertiary/aromatic N) is 1. The van der Waals surface area contributed by atoms with E-state index in [1.165, 1.54) is 7.11 Å². The van der Waals surface area contributed by atoms with E-state index in [4.69, 9.17) is 9.47 Å². The number of ether oxygens (including phenoxy) is 2. The van der Waals surface area contributed by atoms with Gasteiger partial charge >= 0.3 is 0 Å². The first-order valence-electron chi connectivity index (χ1n) is 12.2. The Bertz CT molecular complexity index is 1020. The summed E-state index contributed by atoms with van der Waals surface area (Å²) < 4.78 is 11.6. The first kappa shape index (κ1) is 25.2. The predicted octanol–water partition coefficient (Wildman–Crippen LogP) is 1.41. The fraction of sp³-hybridized carbons (Fsp3) is 0.577. The number of methoxy groups -OCH3 is 1. The second kappa shape index (κ2) is 10.4. The number of rotatable bonds is 10. The average molecular weight is 487 g/mol. The molecular formula is C26H34N2O7. The molecule has 1 aromatic rings. The van der Waals surface area contributed by atoms with Crippen LogP contribution in [0.1, 0.15) is 54.9 Å². The summed E-state index contributed by atoms with van der Waals surface area (Å²) >= 11 is 0. The zero-order valence-electron chi connectivity index (χ0n) is 20.4. The SMILES string of the molecule is COc1cc(C=O)cc2c1OC1C2C(C(=O)NCCO)=CC(N(CC2CC2)C(=O)CC(C)C)C1O. The van der Waals surface area contributed by atoms with Crippen molar-refractivity contribution in [3.8, 4) is 11.5 Å². The Morgan fingerprint density at radius 3 is 2.66 bits per heavy atom. The number of carbonyl (C=O) groups excluding carboxylic acids is 3. The Morgan fingerprint density at radius 2 is 2.06 bits per heavy atom. The van der Waals surface area contributed by atoms with Gasteiger partial charge in [0.2, 0.25) is 11.8 Å². The van der Waals surface area contributed by atoms with E-state index >= 15 is 0 Å². The van der Waals surface area contributed by atoms with Crippen LogP contribution in [0.25, 0.3) is 0 Å². The van der Waals surface area contributed by atoms with Crippen molar-refractivity contribution in [1.82, 2.24) is 10.2 Å². The lowest BCUT2D eigenvalue weighted by atomic mass is 9.77. The van der Waals surface area contributed by atoms with Crippen LogP contribution in [0.2, 0.25) is 0 Å². The van der Waals surface area contributed by atoms with Gasteiger partial charge in [-0.2, -0.15) is 0 Å². The Kier molecular flexibility index (Phi) is 7.47. The molecule has 0 saturated heterocycles. The van der Waals surface area contributed by atoms with Gasteiger partial charge in [0.25, 0.3) is 0 Å². The molecule has 1 saturated carbocycles. The van der Waals surface area contributed by atoms with Crippen LogP contribution in [0.4, 0.5) is 0 Å². The fourth-order valence-corrected chi connectivity index (χ4v) is 4.99. The van der Waals surface area contributed by atoms with Crippen LogP contribution in [0.15, 0.2) is 23.8 Å². The summed E-state index contributed by atoms with van der Waals surface area (Å²) in [6, 6.07) is 2.44. The van der Waals surface area contributed by atoms with E-state index in [9.17, 15) is 24.6 Å². The first-order valence-corrected chi connectivity index (χ1v) is 12.2. The Hall–Kier alpha value is -2.91. The molecular weight excluding hydrogens is 452 g/mol. The normalized spacial score (nSPS) is 24.7. The average Bonchev–Trinajstić information content (AvgIpc) is 3.58. The molecule has 35 heavy (non-hydrogen) atoms. The highest BCUT2D eigenvalue weighted by Crippen LogP contribution is 2.51. The van der Waals surface area contributed by atoms with Crippen molar-refractivity contribution in [3.63, 3.8) is 0 Å². The molecule has 190 valence electrons. The number of fused-ring (bicyclic) bond motifs is 3. The molecule has 1 aromatic carbocycles. The van der Waals surface area contributed by atoms with Gasteiger partial charge in [-0.05, 0) is 42.9 Å². The number of nitrogens with one attached hydrogen (secondary N) is 1. The minimum atomic E-state index is -1.10. The summed E-state index contributed by atoms with van der Waals surface area (Å²) in [7, 11) is 1.46. The van der Waals surface area contributed by atoms with Gasteiger partial charge < -0.3 is 29.9 Å². The minimum absolute atomic E-state index is 0.0598. The zero-order valence-corrected chi connectivity index (χ0v) is 20.4. The Balaban J connectivity index is 1.79. The summed E-state index contributed by atoms with van der Waals surface area (Å²) in [5.41, 5.74) is 1.27. The van der Waals surface area contributed by atoms with Crippen LogP contribution in [0.3, 0.4) is 0 Å². The second-order valence-corrected chi connectivity index (χ2v) is 9.99. The largest absolute Gasteiger partial charge is 0.493 e. The van der Waals surface area contributed by atoms with Gasteiger partial charge in [0.15, 0.2) is 11.5 Å². The third-order valence-corrected chi connectivity index (χ3v) is 6.83. The molecule has 2 amide bonds. The molecule has 9 nitrogen and oxygen atoms in total. The molecule has 0 aromatic heterocycles. The number of benzene rings is 1. The van der Waals surface area contributed by atoms with E-state index in [1.54, 1.807) is 23.1 Å². The molecule has 2 aliphatic carbocycles. The number of aliphatic hydroxyl groups is 2. The lowest BCUT2D eigenvalue weighted by Gasteiger charge is -2.41. The lowest BCUT2D eigenvalue weighted by Crippen LogP contribution is -2.56. The summed E-state index contributed by atoms with van der Waals surface area (Å²) in [5.74, 6) is 0.0869. The number of aldehydes is 1. The van der Waals surface area contributed by atoms with Crippen molar-refractivity contribution in [2.45, 2.75) is 57.3 Å². The highest BCUT2D eigenvalue weighted by atomic mass is 16.5. The van der Waals surface area contributed by atoms with Crippen LogP contribution in [-0.2, 0) is 9.59 Å². The zero-order chi connectivity index (χ0) is 25.3. The van der Waals surface area contributed by atoms with E-state index in [0.29, 0.717) is 53.4 Å². The third kappa shape index (κ3) is 5.06. The lowest BCUT2D eigenvalue weighted by molar-refractivity contribution is -0.138. The van der Waals surface area contributed by atoms with Gasteiger partial charge in [0.1, 0.15) is 18.5 Å². The monoisotopic (exact) mass is 486 g/mol. The van der Waals surface area contributed by atoms with E-state index < -0.39 is 30.1 Å². The molecule has 4 atom stereocenters. The maximum absolute atomic E-state index is 13.3. The van der Waals surface area contributed by atoms with Crippen molar-refractivity contribution >= 4 is 18.1 Å². The van der Waals surface area contributed by atoms with Gasteiger partial charge in [-0.3, -0.25) is 14.4 Å². The number of hydrogen-bond donors (Lipinski definition) is 3. The maximum Gasteiger partial charge on any atom is 0.247 e. The number of hydrogen-bond acceptors (Lipinski definition) is 7. The van der Waals surface area contributed by atoms with Crippen LogP contribution >= 0.6 is 0 Å². The smallest absolute Gasteiger partial charge is 0.247 e. The van der Waals surface area contributed by atoms with E-state index in [-0.39, 0.29) is 25.0 Å². The number of aliphatic hydroxyl groups excluding tert-OH is 2. The van der Waals surface area contributed by atoms with Crippen molar-refractivity contribution in [1.29, 1.82) is 0 Å². The van der Waals surface area contributed by atoms with Crippen LogP contribution in [0.5, 0.6) is 11.5 Å². The third-order valence-electron chi connectivity index (χ3n) is 6.83. The first-order chi connectivity index (χ1) is 16.8. The maximum atomic E-state index is 13.3. The molecule has 0 bridgehead atoms. The fourth-order valence-electron chi connectivity index (χ4n) is 4.99. The van der Waals surface area contributed by atoms with Gasteiger partial charge in [-0.25, -0.2) is 0 Å². The van der Waals surface area contributed by atoms with Gasteiger partial charge in [-0.1, -0.05) is 13.8 Å². The van der Waals surface area contributed by atoms with Crippen LogP contribution < -0.4 is 14.8 Å². The predicted molar refractivity (Wildman–Crippen MR) is 127 cm³/mol. The number of carbonyl (C=O) groups is 3. The van der Waals surface area contributed by atoms with Crippen LogP contribution in [0, 0.1) is 11.8 Å². The summed E-state index contributed by atoms with van der Waals surface area (Å²) in [6.07, 6.45) is 2.80. The second-order valence-electron chi connectivity index (χ2n) is 9.99. The molecule has 3 aliphatic rings. The van der Waals surface area contributed by atoms with Crippen molar-refractivity contribution < 1.29 is 34.1 Å². The highest BCUT2D eigenvalue weighted by molar-refractivity contribution is 5.96. The van der Waals surface area contributed by atoms with Gasteiger partial charge in [0.05, 0.1) is 25.7 Å². The molecule has 3 N–H and O–H groups in total. The highest BCUT2D eigenvalue weighted by Gasteiger charge is 2.51. The quantitative estimate of drug-likeness (QED) is 0.427. The summed E-state index contributed by atoms with van der Waals surface area (Å²) in [4.78, 5) is 39.8. The van der Waals surface area contributed by atoms with Crippen LogP contribution in [-0.4, -0.2) is 78.3 Å². The molecule has 1 fully saturated rings. The topological polar surface area (TPSA) is 125 Å². The Labute approximate surface area is 205 Å². The molecule has 4 unspecified atom stereocenters. The van der Waals surface area contributed by atoms with E-state index in [0.717, 1.165) is 12.8 Å². The number of amides is 2. The molecule has 0 radical (unpaired) electrons. The van der Waals surface area contributed by atoms with Crippen molar-refractivity contribution in [2.75, 3.05) is 26.8 Å². The molecule has 1 aliphatic heterocycles. The van der Waals surface area contributed by atoms with Gasteiger partial charge in [-0.15, -0.1) is 0 Å². The van der Waals surface area contributed by atoms with Crippen molar-refractivity contribution in [2.24, 2.45) is 11.8 Å². The molecule has 9 heteroatoms. The van der Waals surface area contributed by atoms with Gasteiger partial charge in [0, 0.05) is 36.2 Å². The standard InChI is InChI=1S/C26H34N2O7/c1-14(2)8-21(31)28(12-15-4-5-15)19-11-18(26(33)27-6-7-29)22-17-9-16(13-30)10-20(34-3)24(17)35-25(22)23(19)32/h9-11,13-15,19,22-23,25,29,32H,4-8,12H2,1-3H3,(H,27,33). The Morgan fingerprint density at radius 1 is 1.31 bits per heavy atom. The van der Waals surface area contributed by atoms with E-state index in [2.05, 4.69) is 5.32 Å². The molecule has 0 spiro atoms. The molecule has 1 heterocycles. The molecule has 4 rings (SSSR count). The van der Waals surface area contributed by atoms with E-state index in [1.807, 2.05) is 13.8 Å². The summed E-state index contributed by atoms with van der Waals surface area (Å²) in [6.45, 7) is 4.29. The van der Waals surface area contributed by atoms with Crippen molar-refractivity contribution in [3.05, 3.63) is 34.9 Å².